The van der Waals surface area contributed by atoms with Crippen LogP contribution in [0.4, 0.5) is 5.69 Å². The van der Waals surface area contributed by atoms with E-state index in [4.69, 9.17) is 0 Å². The third kappa shape index (κ3) is 3.77. The molecule has 1 aliphatic rings. The van der Waals surface area contributed by atoms with Gasteiger partial charge >= 0.3 is 0 Å². The SMILES string of the molecule is CCCNCc1ccc(N2CCCC2C(C)C)c(C#N)c1. The highest BCUT2D eigenvalue weighted by Crippen LogP contribution is 2.32. The highest BCUT2D eigenvalue weighted by atomic mass is 15.2. The smallest absolute Gasteiger partial charge is 0.101 e. The molecule has 1 aromatic carbocycles. The number of benzene rings is 1. The summed E-state index contributed by atoms with van der Waals surface area (Å²) in [5.74, 6) is 0.630. The Bertz CT molecular complexity index is 502. The minimum atomic E-state index is 0.571. The van der Waals surface area contributed by atoms with Crippen molar-refractivity contribution in [2.24, 2.45) is 5.92 Å². The monoisotopic (exact) mass is 285 g/mol. The number of rotatable bonds is 6. The maximum Gasteiger partial charge on any atom is 0.101 e. The van der Waals surface area contributed by atoms with E-state index in [0.717, 1.165) is 37.3 Å². The van der Waals surface area contributed by atoms with Crippen LogP contribution in [-0.4, -0.2) is 19.1 Å². The van der Waals surface area contributed by atoms with E-state index in [-0.39, 0.29) is 0 Å². The Morgan fingerprint density at radius 3 is 2.90 bits per heavy atom. The van der Waals surface area contributed by atoms with Crippen molar-refractivity contribution in [1.29, 1.82) is 5.26 Å². The first-order valence-electron chi connectivity index (χ1n) is 8.17. The van der Waals surface area contributed by atoms with Crippen LogP contribution in [0.15, 0.2) is 18.2 Å². The van der Waals surface area contributed by atoms with Gasteiger partial charge in [-0.1, -0.05) is 26.8 Å². The standard InChI is InChI=1S/C18H27N3/c1-4-9-20-13-15-7-8-18(16(11-15)12-19)21-10-5-6-17(21)14(2)3/h7-8,11,14,17,20H,4-6,9-10,13H2,1-3H3. The molecule has 0 aromatic heterocycles. The summed E-state index contributed by atoms with van der Waals surface area (Å²) in [4.78, 5) is 2.44. The maximum absolute atomic E-state index is 9.50. The molecule has 0 amide bonds. The Morgan fingerprint density at radius 2 is 2.24 bits per heavy atom. The number of nitrogens with zero attached hydrogens (tertiary/aromatic N) is 2. The lowest BCUT2D eigenvalue weighted by atomic mass is 10.0. The lowest BCUT2D eigenvalue weighted by molar-refractivity contribution is 0.492. The molecule has 1 aromatic rings. The van der Waals surface area contributed by atoms with Crippen molar-refractivity contribution in [2.75, 3.05) is 18.0 Å². The van der Waals surface area contributed by atoms with Crippen LogP contribution in [-0.2, 0) is 6.54 Å². The van der Waals surface area contributed by atoms with Crippen molar-refractivity contribution in [3.63, 3.8) is 0 Å². The molecule has 2 rings (SSSR count). The third-order valence-corrected chi connectivity index (χ3v) is 4.32. The van der Waals surface area contributed by atoms with Crippen molar-refractivity contribution in [3.05, 3.63) is 29.3 Å². The first kappa shape index (κ1) is 15.9. The van der Waals surface area contributed by atoms with Gasteiger partial charge in [-0.3, -0.25) is 0 Å². The minimum Gasteiger partial charge on any atom is -0.367 e. The fourth-order valence-corrected chi connectivity index (χ4v) is 3.23. The van der Waals surface area contributed by atoms with Crippen LogP contribution in [0.3, 0.4) is 0 Å². The van der Waals surface area contributed by atoms with Gasteiger partial charge in [0.1, 0.15) is 6.07 Å². The van der Waals surface area contributed by atoms with E-state index in [9.17, 15) is 5.26 Å². The van der Waals surface area contributed by atoms with Gasteiger partial charge in [0.15, 0.2) is 0 Å². The first-order chi connectivity index (χ1) is 10.2. The molecule has 3 nitrogen and oxygen atoms in total. The second kappa shape index (κ2) is 7.47. The molecule has 1 N–H and O–H groups in total. The molecule has 3 heteroatoms. The van der Waals surface area contributed by atoms with Gasteiger partial charge < -0.3 is 10.2 Å². The lowest BCUT2D eigenvalue weighted by Crippen LogP contribution is -2.33. The van der Waals surface area contributed by atoms with E-state index < -0.39 is 0 Å². The third-order valence-electron chi connectivity index (χ3n) is 4.32. The molecular formula is C18H27N3. The van der Waals surface area contributed by atoms with Crippen LogP contribution >= 0.6 is 0 Å². The van der Waals surface area contributed by atoms with Crippen LogP contribution in [0, 0.1) is 17.2 Å². The van der Waals surface area contributed by atoms with Crippen molar-refractivity contribution in [3.8, 4) is 6.07 Å². The second-order valence-electron chi connectivity index (χ2n) is 6.29. The molecule has 1 fully saturated rings. The normalized spacial score (nSPS) is 18.2. The van der Waals surface area contributed by atoms with E-state index in [1.54, 1.807) is 0 Å². The number of nitrogens with one attached hydrogen (secondary N) is 1. The molecule has 1 atom stereocenters. The van der Waals surface area contributed by atoms with Crippen molar-refractivity contribution >= 4 is 5.69 Å². The van der Waals surface area contributed by atoms with Crippen molar-refractivity contribution < 1.29 is 0 Å². The molecule has 21 heavy (non-hydrogen) atoms. The number of hydrogen-bond donors (Lipinski definition) is 1. The molecule has 114 valence electrons. The summed E-state index contributed by atoms with van der Waals surface area (Å²) >= 11 is 0. The van der Waals surface area contributed by atoms with Gasteiger partial charge in [0, 0.05) is 19.1 Å². The fraction of sp³-hybridized carbons (Fsp3) is 0.611. The Kier molecular flexibility index (Phi) is 5.64. The predicted molar refractivity (Wildman–Crippen MR) is 88.4 cm³/mol. The molecule has 0 saturated carbocycles. The van der Waals surface area contributed by atoms with E-state index in [1.807, 2.05) is 6.07 Å². The Balaban J connectivity index is 2.18. The van der Waals surface area contributed by atoms with E-state index >= 15 is 0 Å². The van der Waals surface area contributed by atoms with Crippen LogP contribution in [0.2, 0.25) is 0 Å². The molecule has 0 aliphatic carbocycles. The second-order valence-corrected chi connectivity index (χ2v) is 6.29. The quantitative estimate of drug-likeness (QED) is 0.810. The predicted octanol–water partition coefficient (Wildman–Crippen LogP) is 3.68. The summed E-state index contributed by atoms with van der Waals surface area (Å²) in [6.45, 7) is 9.65. The summed E-state index contributed by atoms with van der Waals surface area (Å²) in [6.07, 6.45) is 3.60. The van der Waals surface area contributed by atoms with Gasteiger partial charge in [0.25, 0.3) is 0 Å². The molecule has 1 unspecified atom stereocenters. The molecule has 0 spiro atoms. The number of hydrogen-bond acceptors (Lipinski definition) is 3. The van der Waals surface area contributed by atoms with Gasteiger partial charge in [0.05, 0.1) is 11.3 Å². The van der Waals surface area contributed by atoms with E-state index in [1.165, 1.54) is 18.4 Å². The number of nitriles is 1. The van der Waals surface area contributed by atoms with E-state index in [0.29, 0.717) is 12.0 Å². The highest BCUT2D eigenvalue weighted by molar-refractivity contribution is 5.61. The highest BCUT2D eigenvalue weighted by Gasteiger charge is 2.28. The lowest BCUT2D eigenvalue weighted by Gasteiger charge is -2.30. The zero-order chi connectivity index (χ0) is 15.2. The molecule has 1 aliphatic heterocycles. The number of anilines is 1. The van der Waals surface area contributed by atoms with Crippen LogP contribution < -0.4 is 10.2 Å². The van der Waals surface area contributed by atoms with Crippen LogP contribution in [0.5, 0.6) is 0 Å². The van der Waals surface area contributed by atoms with Gasteiger partial charge in [-0.15, -0.1) is 0 Å². The molecule has 1 saturated heterocycles. The van der Waals surface area contributed by atoms with Gasteiger partial charge in [0.2, 0.25) is 0 Å². The van der Waals surface area contributed by atoms with E-state index in [2.05, 4.69) is 49.2 Å². The molecule has 0 bridgehead atoms. The van der Waals surface area contributed by atoms with Crippen LogP contribution in [0.1, 0.15) is 51.2 Å². The Hall–Kier alpha value is -1.53. The summed E-state index contributed by atoms with van der Waals surface area (Å²) in [5, 5.41) is 12.9. The topological polar surface area (TPSA) is 39.1 Å². The molecule has 0 radical (unpaired) electrons. The first-order valence-corrected chi connectivity index (χ1v) is 8.17. The average molecular weight is 285 g/mol. The zero-order valence-corrected chi connectivity index (χ0v) is 13.5. The molecule has 1 heterocycles. The maximum atomic E-state index is 9.50. The Morgan fingerprint density at radius 1 is 1.43 bits per heavy atom. The minimum absolute atomic E-state index is 0.571. The largest absolute Gasteiger partial charge is 0.367 e. The molecular weight excluding hydrogens is 258 g/mol. The zero-order valence-electron chi connectivity index (χ0n) is 13.5. The van der Waals surface area contributed by atoms with Crippen LogP contribution in [0.25, 0.3) is 0 Å². The summed E-state index contributed by atoms with van der Waals surface area (Å²) < 4.78 is 0. The van der Waals surface area contributed by atoms with Crippen molar-refractivity contribution in [2.45, 2.75) is 52.6 Å². The summed E-state index contributed by atoms with van der Waals surface area (Å²) in [5.41, 5.74) is 3.13. The summed E-state index contributed by atoms with van der Waals surface area (Å²) in [6, 6.07) is 9.32. The van der Waals surface area contributed by atoms with Gasteiger partial charge in [-0.25, -0.2) is 0 Å². The Labute approximate surface area is 129 Å². The van der Waals surface area contributed by atoms with Gasteiger partial charge in [-0.05, 0) is 49.4 Å². The average Bonchev–Trinajstić information content (AvgIpc) is 2.97. The van der Waals surface area contributed by atoms with Gasteiger partial charge in [-0.2, -0.15) is 5.26 Å². The fourth-order valence-electron chi connectivity index (χ4n) is 3.23. The summed E-state index contributed by atoms with van der Waals surface area (Å²) in [7, 11) is 0. The van der Waals surface area contributed by atoms with Crippen molar-refractivity contribution in [1.82, 2.24) is 5.32 Å².